The standard InChI is InChI=1S/C9H12N2O4/c1-4-15-9(12)8-6(2)10(3)5-7(8)11(13)14/h5H,4H2,1-3H3. The van der Waals surface area contributed by atoms with Gasteiger partial charge in [0.05, 0.1) is 17.7 Å². The summed E-state index contributed by atoms with van der Waals surface area (Å²) in [7, 11) is 1.64. The van der Waals surface area contributed by atoms with Crippen molar-refractivity contribution in [1.82, 2.24) is 4.57 Å². The minimum atomic E-state index is -0.651. The summed E-state index contributed by atoms with van der Waals surface area (Å²) in [6.45, 7) is 3.49. The van der Waals surface area contributed by atoms with Crippen LogP contribution in [0.4, 0.5) is 5.69 Å². The first-order valence-electron chi connectivity index (χ1n) is 4.46. The highest BCUT2D eigenvalue weighted by atomic mass is 16.6. The summed E-state index contributed by atoms with van der Waals surface area (Å²) in [5.41, 5.74) is 0.345. The number of aromatic nitrogens is 1. The van der Waals surface area contributed by atoms with E-state index in [0.717, 1.165) is 0 Å². The fourth-order valence-electron chi connectivity index (χ4n) is 1.30. The normalized spacial score (nSPS) is 10.1. The Balaban J connectivity index is 3.25. The second-order valence-corrected chi connectivity index (χ2v) is 3.06. The Hall–Kier alpha value is -1.85. The molecule has 0 aliphatic heterocycles. The van der Waals surface area contributed by atoms with Gasteiger partial charge >= 0.3 is 11.7 Å². The van der Waals surface area contributed by atoms with E-state index in [0.29, 0.717) is 5.69 Å². The number of carbonyl (C=O) groups is 1. The molecule has 0 atom stereocenters. The zero-order valence-electron chi connectivity index (χ0n) is 8.81. The first kappa shape index (κ1) is 11.2. The summed E-state index contributed by atoms with van der Waals surface area (Å²) in [4.78, 5) is 21.6. The average molecular weight is 212 g/mol. The van der Waals surface area contributed by atoms with Gasteiger partial charge in [0, 0.05) is 12.7 Å². The first-order valence-corrected chi connectivity index (χ1v) is 4.46. The minimum Gasteiger partial charge on any atom is -0.462 e. The van der Waals surface area contributed by atoms with E-state index in [4.69, 9.17) is 4.74 Å². The lowest BCUT2D eigenvalue weighted by atomic mass is 10.2. The van der Waals surface area contributed by atoms with Gasteiger partial charge in [0.2, 0.25) is 0 Å². The quantitative estimate of drug-likeness (QED) is 0.431. The summed E-state index contributed by atoms with van der Waals surface area (Å²) in [6, 6.07) is 0. The van der Waals surface area contributed by atoms with Crippen molar-refractivity contribution in [2.75, 3.05) is 6.61 Å². The summed E-state index contributed by atoms with van der Waals surface area (Å²) in [5, 5.41) is 10.7. The lowest BCUT2D eigenvalue weighted by Gasteiger charge is -2.01. The number of nitro groups is 1. The van der Waals surface area contributed by atoms with Gasteiger partial charge < -0.3 is 9.30 Å². The molecule has 1 rings (SSSR count). The van der Waals surface area contributed by atoms with Gasteiger partial charge in [-0.25, -0.2) is 4.79 Å². The molecule has 0 aromatic carbocycles. The second kappa shape index (κ2) is 4.12. The third-order valence-corrected chi connectivity index (χ3v) is 2.14. The largest absolute Gasteiger partial charge is 0.462 e. The zero-order valence-corrected chi connectivity index (χ0v) is 8.81. The van der Waals surface area contributed by atoms with E-state index in [1.165, 1.54) is 10.8 Å². The van der Waals surface area contributed by atoms with Crippen molar-refractivity contribution in [3.8, 4) is 0 Å². The Bertz CT molecular complexity index is 408. The van der Waals surface area contributed by atoms with E-state index < -0.39 is 10.9 Å². The molecule has 0 N–H and O–H groups in total. The highest BCUT2D eigenvalue weighted by molar-refractivity contribution is 5.95. The number of rotatable bonds is 3. The molecule has 0 radical (unpaired) electrons. The van der Waals surface area contributed by atoms with Gasteiger partial charge in [-0.2, -0.15) is 0 Å². The van der Waals surface area contributed by atoms with E-state index in [1.54, 1.807) is 20.9 Å². The van der Waals surface area contributed by atoms with Gasteiger partial charge in [-0.1, -0.05) is 0 Å². The van der Waals surface area contributed by atoms with Crippen molar-refractivity contribution < 1.29 is 14.5 Å². The fourth-order valence-corrected chi connectivity index (χ4v) is 1.30. The van der Waals surface area contributed by atoms with Crippen LogP contribution < -0.4 is 0 Å². The van der Waals surface area contributed by atoms with Crippen LogP contribution in [0.15, 0.2) is 6.20 Å². The van der Waals surface area contributed by atoms with Crippen molar-refractivity contribution in [1.29, 1.82) is 0 Å². The Morgan fingerprint density at radius 1 is 1.67 bits per heavy atom. The van der Waals surface area contributed by atoms with Crippen molar-refractivity contribution in [3.63, 3.8) is 0 Å². The maximum Gasteiger partial charge on any atom is 0.347 e. The highest BCUT2D eigenvalue weighted by Crippen LogP contribution is 2.24. The van der Waals surface area contributed by atoms with Crippen LogP contribution >= 0.6 is 0 Å². The molecule has 0 fully saturated rings. The van der Waals surface area contributed by atoms with Crippen LogP contribution in [0.25, 0.3) is 0 Å². The van der Waals surface area contributed by atoms with Gasteiger partial charge in [0.25, 0.3) is 0 Å². The van der Waals surface area contributed by atoms with Crippen molar-refractivity contribution >= 4 is 11.7 Å². The third-order valence-electron chi connectivity index (χ3n) is 2.14. The SMILES string of the molecule is CCOC(=O)c1c([N+](=O)[O-])cn(C)c1C. The predicted molar refractivity (Wildman–Crippen MR) is 52.8 cm³/mol. The summed E-state index contributed by atoms with van der Waals surface area (Å²) >= 11 is 0. The number of hydrogen-bond acceptors (Lipinski definition) is 4. The van der Waals surface area contributed by atoms with Crippen LogP contribution in [0.2, 0.25) is 0 Å². The Morgan fingerprint density at radius 2 is 2.27 bits per heavy atom. The Kier molecular flexibility index (Phi) is 3.08. The van der Waals surface area contributed by atoms with Crippen LogP contribution in [-0.4, -0.2) is 22.1 Å². The molecule has 1 aromatic heterocycles. The molecule has 6 heteroatoms. The van der Waals surface area contributed by atoms with E-state index >= 15 is 0 Å². The van der Waals surface area contributed by atoms with Gasteiger partial charge in [-0.3, -0.25) is 10.1 Å². The molecule has 0 aliphatic rings. The van der Waals surface area contributed by atoms with Crippen LogP contribution in [-0.2, 0) is 11.8 Å². The summed E-state index contributed by atoms with van der Waals surface area (Å²) < 4.78 is 6.29. The number of hydrogen-bond donors (Lipinski definition) is 0. The number of nitrogens with zero attached hydrogens (tertiary/aromatic N) is 2. The minimum absolute atomic E-state index is 0.0318. The maximum absolute atomic E-state index is 11.5. The number of ether oxygens (including phenoxy) is 1. The van der Waals surface area contributed by atoms with E-state index in [9.17, 15) is 14.9 Å². The van der Waals surface area contributed by atoms with E-state index in [2.05, 4.69) is 0 Å². The van der Waals surface area contributed by atoms with Gasteiger partial charge in [-0.15, -0.1) is 0 Å². The molecular formula is C9H12N2O4. The molecular weight excluding hydrogens is 200 g/mol. The fraction of sp³-hybridized carbons (Fsp3) is 0.444. The van der Waals surface area contributed by atoms with Crippen LogP contribution in [0.3, 0.4) is 0 Å². The topological polar surface area (TPSA) is 74.4 Å². The van der Waals surface area contributed by atoms with Gasteiger partial charge in [-0.05, 0) is 13.8 Å². The molecule has 0 aliphatic carbocycles. The first-order chi connectivity index (χ1) is 6.99. The van der Waals surface area contributed by atoms with E-state index in [1.807, 2.05) is 0 Å². The van der Waals surface area contributed by atoms with Crippen LogP contribution in [0.5, 0.6) is 0 Å². The lowest BCUT2D eigenvalue weighted by molar-refractivity contribution is -0.385. The Morgan fingerprint density at radius 3 is 2.73 bits per heavy atom. The lowest BCUT2D eigenvalue weighted by Crippen LogP contribution is -2.08. The molecule has 1 heterocycles. The zero-order chi connectivity index (χ0) is 11.6. The van der Waals surface area contributed by atoms with E-state index in [-0.39, 0.29) is 17.9 Å². The second-order valence-electron chi connectivity index (χ2n) is 3.06. The van der Waals surface area contributed by atoms with Gasteiger partial charge in [0.15, 0.2) is 5.56 Å². The average Bonchev–Trinajstić information content (AvgIpc) is 2.44. The Labute approximate surface area is 86.6 Å². The monoisotopic (exact) mass is 212 g/mol. The number of carbonyl (C=O) groups excluding carboxylic acids is 1. The van der Waals surface area contributed by atoms with Crippen LogP contribution in [0.1, 0.15) is 23.0 Å². The van der Waals surface area contributed by atoms with Crippen molar-refractivity contribution in [3.05, 3.63) is 27.6 Å². The molecule has 1 aromatic rings. The molecule has 15 heavy (non-hydrogen) atoms. The molecule has 0 bridgehead atoms. The predicted octanol–water partition coefficient (Wildman–Crippen LogP) is 1.42. The maximum atomic E-state index is 11.5. The number of esters is 1. The summed E-state index contributed by atoms with van der Waals surface area (Å²) in [5.74, 6) is -0.651. The van der Waals surface area contributed by atoms with Gasteiger partial charge in [0.1, 0.15) is 0 Å². The molecule has 0 saturated heterocycles. The number of aryl methyl sites for hydroxylation is 1. The van der Waals surface area contributed by atoms with Crippen LogP contribution in [0, 0.1) is 17.0 Å². The smallest absolute Gasteiger partial charge is 0.347 e. The molecule has 0 amide bonds. The molecule has 0 saturated carbocycles. The molecule has 0 spiro atoms. The summed E-state index contributed by atoms with van der Waals surface area (Å²) in [6.07, 6.45) is 1.31. The molecule has 6 nitrogen and oxygen atoms in total. The highest BCUT2D eigenvalue weighted by Gasteiger charge is 2.27. The van der Waals surface area contributed by atoms with Crippen molar-refractivity contribution in [2.45, 2.75) is 13.8 Å². The van der Waals surface area contributed by atoms with Crippen molar-refractivity contribution in [2.24, 2.45) is 7.05 Å². The molecule has 0 unspecified atom stereocenters. The molecule has 82 valence electrons. The third kappa shape index (κ3) is 1.98.